The van der Waals surface area contributed by atoms with Crippen molar-refractivity contribution in [1.29, 1.82) is 0 Å². The number of hydrogen-bond donors (Lipinski definition) is 1. The minimum absolute atomic E-state index is 0.161. The zero-order chi connectivity index (χ0) is 18.1. The zero-order valence-corrected chi connectivity index (χ0v) is 16.3. The third-order valence-corrected chi connectivity index (χ3v) is 5.18. The molecule has 0 unspecified atom stereocenters. The summed E-state index contributed by atoms with van der Waals surface area (Å²) in [7, 11) is 0. The molecule has 0 saturated carbocycles. The number of nitrogens with one attached hydrogen (secondary N) is 1. The van der Waals surface area contributed by atoms with Gasteiger partial charge in [0.25, 0.3) is 0 Å². The van der Waals surface area contributed by atoms with E-state index in [1.54, 1.807) is 12.1 Å². The third-order valence-electron chi connectivity index (χ3n) is 4.78. The molecular weight excluding hydrogens is 335 g/mol. The van der Waals surface area contributed by atoms with Crippen molar-refractivity contribution in [3.8, 4) is 0 Å². The molecule has 0 radical (unpaired) electrons. The number of thiocarbonyl (C=S) groups is 1. The van der Waals surface area contributed by atoms with Crippen LogP contribution in [0.1, 0.15) is 25.8 Å². The molecule has 1 aliphatic heterocycles. The van der Waals surface area contributed by atoms with Crippen LogP contribution in [0.2, 0.25) is 0 Å². The van der Waals surface area contributed by atoms with Gasteiger partial charge in [-0.1, -0.05) is 26.0 Å². The number of hydrogen-bond acceptors (Lipinski definition) is 3. The molecule has 0 aliphatic carbocycles. The summed E-state index contributed by atoms with van der Waals surface area (Å²) in [4.78, 5) is 7.03. The predicted molar refractivity (Wildman–Crippen MR) is 106 cm³/mol. The Morgan fingerprint density at radius 3 is 2.56 bits per heavy atom. The van der Waals surface area contributed by atoms with Gasteiger partial charge in [-0.05, 0) is 56.0 Å². The lowest BCUT2D eigenvalue weighted by Gasteiger charge is -2.36. The Kier molecular flexibility index (Phi) is 8.58. The van der Waals surface area contributed by atoms with Crippen LogP contribution in [0.4, 0.5) is 4.39 Å². The minimum Gasteiger partial charge on any atom is -0.363 e. The maximum atomic E-state index is 13.3. The molecule has 1 aromatic rings. The molecule has 0 spiro atoms. The first kappa shape index (κ1) is 20.1. The Balaban J connectivity index is 1.64. The Bertz CT molecular complexity index is 528. The summed E-state index contributed by atoms with van der Waals surface area (Å²) in [5.41, 5.74) is 1.03. The fourth-order valence-electron chi connectivity index (χ4n) is 3.15. The van der Waals surface area contributed by atoms with Crippen LogP contribution in [0.15, 0.2) is 24.3 Å². The molecule has 0 amide bonds. The largest absolute Gasteiger partial charge is 0.363 e. The van der Waals surface area contributed by atoms with E-state index >= 15 is 0 Å². The normalized spacial score (nSPS) is 15.6. The molecule has 1 aliphatic rings. The quantitative estimate of drug-likeness (QED) is 0.562. The fraction of sp³-hybridized carbons (Fsp3) is 0.632. The molecule has 1 heterocycles. The second-order valence-corrected chi connectivity index (χ2v) is 6.89. The number of piperazine rings is 1. The summed E-state index contributed by atoms with van der Waals surface area (Å²) < 4.78 is 13.3. The van der Waals surface area contributed by atoms with Crippen LogP contribution in [0.3, 0.4) is 0 Å². The van der Waals surface area contributed by atoms with Gasteiger partial charge in [0.2, 0.25) is 0 Å². The van der Waals surface area contributed by atoms with E-state index < -0.39 is 0 Å². The van der Waals surface area contributed by atoms with Crippen LogP contribution in [0.5, 0.6) is 0 Å². The first-order valence-corrected chi connectivity index (χ1v) is 9.75. The van der Waals surface area contributed by atoms with Gasteiger partial charge in [0.15, 0.2) is 5.11 Å². The second-order valence-electron chi connectivity index (χ2n) is 6.51. The fourth-order valence-corrected chi connectivity index (χ4v) is 3.44. The molecule has 1 saturated heterocycles. The number of benzene rings is 1. The summed E-state index contributed by atoms with van der Waals surface area (Å²) in [6.45, 7) is 13.2. The van der Waals surface area contributed by atoms with Gasteiger partial charge in [-0.15, -0.1) is 0 Å². The summed E-state index contributed by atoms with van der Waals surface area (Å²) in [6.07, 6.45) is 1.11. The average Bonchev–Trinajstić information content (AvgIpc) is 2.62. The third kappa shape index (κ3) is 6.88. The second kappa shape index (κ2) is 10.7. The minimum atomic E-state index is -0.161. The van der Waals surface area contributed by atoms with Gasteiger partial charge in [-0.2, -0.15) is 0 Å². The molecule has 2 rings (SSSR count). The van der Waals surface area contributed by atoms with Crippen molar-refractivity contribution in [3.05, 3.63) is 35.6 Å². The molecule has 1 aromatic carbocycles. The Hall–Kier alpha value is -1.24. The Labute approximate surface area is 157 Å². The lowest BCUT2D eigenvalue weighted by Crippen LogP contribution is -2.51. The van der Waals surface area contributed by atoms with Crippen LogP contribution < -0.4 is 5.32 Å². The highest BCUT2D eigenvalue weighted by Gasteiger charge is 2.18. The van der Waals surface area contributed by atoms with Crippen molar-refractivity contribution in [2.24, 2.45) is 0 Å². The van der Waals surface area contributed by atoms with Crippen LogP contribution >= 0.6 is 12.2 Å². The van der Waals surface area contributed by atoms with Gasteiger partial charge >= 0.3 is 0 Å². The lowest BCUT2D eigenvalue weighted by molar-refractivity contribution is 0.174. The van der Waals surface area contributed by atoms with Gasteiger partial charge in [-0.25, -0.2) is 4.39 Å². The molecule has 0 bridgehead atoms. The van der Waals surface area contributed by atoms with Crippen LogP contribution in [-0.2, 0) is 6.54 Å². The van der Waals surface area contributed by atoms with Gasteiger partial charge in [0, 0.05) is 39.3 Å². The first-order valence-electron chi connectivity index (χ1n) is 9.34. The van der Waals surface area contributed by atoms with E-state index in [0.29, 0.717) is 0 Å². The van der Waals surface area contributed by atoms with E-state index in [2.05, 4.69) is 33.9 Å². The van der Waals surface area contributed by atoms with Crippen LogP contribution in [-0.4, -0.2) is 72.2 Å². The van der Waals surface area contributed by atoms with E-state index in [1.165, 1.54) is 6.07 Å². The standard InChI is InChI=1S/C19H31FN4S/c1-3-22(4-2)10-6-9-21-19(25)24-13-11-23(12-14-24)16-17-7-5-8-18(20)15-17/h5,7-8,15H,3-4,6,9-14,16H2,1-2H3,(H,21,25). The maximum Gasteiger partial charge on any atom is 0.169 e. The maximum absolute atomic E-state index is 13.3. The molecule has 1 fully saturated rings. The van der Waals surface area contributed by atoms with E-state index in [9.17, 15) is 4.39 Å². The van der Waals surface area contributed by atoms with Crippen LogP contribution in [0.25, 0.3) is 0 Å². The highest BCUT2D eigenvalue weighted by molar-refractivity contribution is 7.80. The molecule has 25 heavy (non-hydrogen) atoms. The SMILES string of the molecule is CCN(CC)CCCNC(=S)N1CCN(Cc2cccc(F)c2)CC1. The Morgan fingerprint density at radius 2 is 1.92 bits per heavy atom. The topological polar surface area (TPSA) is 21.8 Å². The zero-order valence-electron chi connectivity index (χ0n) is 15.5. The van der Waals surface area contributed by atoms with Crippen molar-refractivity contribution in [2.75, 3.05) is 52.4 Å². The number of halogens is 1. The number of rotatable bonds is 8. The summed E-state index contributed by atoms with van der Waals surface area (Å²) >= 11 is 5.53. The van der Waals surface area contributed by atoms with E-state index in [-0.39, 0.29) is 5.82 Å². The molecule has 1 N–H and O–H groups in total. The monoisotopic (exact) mass is 366 g/mol. The Morgan fingerprint density at radius 1 is 1.20 bits per heavy atom. The highest BCUT2D eigenvalue weighted by Crippen LogP contribution is 2.10. The van der Waals surface area contributed by atoms with Crippen molar-refractivity contribution < 1.29 is 4.39 Å². The predicted octanol–water partition coefficient (Wildman–Crippen LogP) is 2.55. The highest BCUT2D eigenvalue weighted by atomic mass is 32.1. The van der Waals surface area contributed by atoms with Gasteiger partial charge in [0.05, 0.1) is 0 Å². The van der Waals surface area contributed by atoms with Crippen molar-refractivity contribution in [1.82, 2.24) is 20.0 Å². The molecule has 140 valence electrons. The summed E-state index contributed by atoms with van der Waals surface area (Å²) in [5, 5.41) is 4.26. The molecule has 0 aromatic heterocycles. The van der Waals surface area contributed by atoms with Crippen LogP contribution in [0, 0.1) is 5.82 Å². The van der Waals surface area contributed by atoms with E-state index in [4.69, 9.17) is 12.2 Å². The van der Waals surface area contributed by atoms with Gasteiger partial charge < -0.3 is 15.1 Å². The lowest BCUT2D eigenvalue weighted by atomic mass is 10.2. The van der Waals surface area contributed by atoms with Gasteiger partial charge in [0.1, 0.15) is 5.82 Å². The smallest absolute Gasteiger partial charge is 0.169 e. The molecule has 6 heteroatoms. The van der Waals surface area contributed by atoms with E-state index in [0.717, 1.165) is 76.0 Å². The summed E-state index contributed by atoms with van der Waals surface area (Å²) in [6, 6.07) is 6.87. The first-order chi connectivity index (χ1) is 12.1. The molecule has 0 atom stereocenters. The van der Waals surface area contributed by atoms with Gasteiger partial charge in [-0.3, -0.25) is 4.90 Å². The van der Waals surface area contributed by atoms with Crippen molar-refractivity contribution in [3.63, 3.8) is 0 Å². The number of nitrogens with zero attached hydrogens (tertiary/aromatic N) is 3. The average molecular weight is 367 g/mol. The van der Waals surface area contributed by atoms with Crippen molar-refractivity contribution in [2.45, 2.75) is 26.8 Å². The van der Waals surface area contributed by atoms with E-state index in [1.807, 2.05) is 6.07 Å². The van der Waals surface area contributed by atoms with Crippen molar-refractivity contribution >= 4 is 17.3 Å². The summed E-state index contributed by atoms with van der Waals surface area (Å²) in [5.74, 6) is -0.161. The molecular formula is C19H31FN4S. The molecule has 4 nitrogen and oxygen atoms in total.